The molecule has 0 spiro atoms. The highest BCUT2D eigenvalue weighted by Crippen LogP contribution is 2.27. The number of hydrogen-bond donors (Lipinski definition) is 0. The second-order valence-corrected chi connectivity index (χ2v) is 10.2. The maximum Gasteiger partial charge on any atom is 0.225 e. The summed E-state index contributed by atoms with van der Waals surface area (Å²) >= 11 is 1.47. The fourth-order valence-corrected chi connectivity index (χ4v) is 5.62. The molecule has 7 nitrogen and oxygen atoms in total. The van der Waals surface area contributed by atoms with Crippen LogP contribution >= 0.6 is 11.5 Å². The molecule has 0 atom stereocenters. The predicted octanol–water partition coefficient (Wildman–Crippen LogP) is 4.01. The third-order valence-electron chi connectivity index (χ3n) is 7.08. The van der Waals surface area contributed by atoms with Crippen molar-refractivity contribution >= 4 is 28.3 Å². The Hall–Kier alpha value is -3.13. The molecule has 3 aromatic rings. The van der Waals surface area contributed by atoms with Gasteiger partial charge in [0, 0.05) is 68.8 Å². The lowest BCUT2D eigenvalue weighted by atomic mass is 9.95. The van der Waals surface area contributed by atoms with E-state index in [4.69, 9.17) is 9.72 Å². The number of carbonyl (C=O) groups excluding carboxylic acids is 1. The maximum absolute atomic E-state index is 13.2. The Balaban J connectivity index is 1.09. The van der Waals surface area contributed by atoms with Crippen molar-refractivity contribution in [3.05, 3.63) is 65.5 Å². The van der Waals surface area contributed by atoms with Gasteiger partial charge in [-0.25, -0.2) is 4.98 Å². The van der Waals surface area contributed by atoms with Crippen LogP contribution in [0.4, 0.5) is 10.8 Å². The van der Waals surface area contributed by atoms with Crippen molar-refractivity contribution in [3.8, 4) is 5.75 Å². The predicted molar refractivity (Wildman–Crippen MR) is 141 cm³/mol. The summed E-state index contributed by atoms with van der Waals surface area (Å²) in [7, 11) is 1.68. The van der Waals surface area contributed by atoms with E-state index in [1.165, 1.54) is 28.3 Å². The van der Waals surface area contributed by atoms with Crippen LogP contribution in [0.15, 0.2) is 48.5 Å². The van der Waals surface area contributed by atoms with E-state index in [1.54, 1.807) is 7.11 Å². The van der Waals surface area contributed by atoms with Crippen LogP contribution in [0, 0.1) is 12.8 Å². The highest BCUT2D eigenvalue weighted by molar-refractivity contribution is 7.09. The molecule has 0 N–H and O–H groups in total. The van der Waals surface area contributed by atoms with Gasteiger partial charge in [-0.15, -0.1) is 0 Å². The summed E-state index contributed by atoms with van der Waals surface area (Å²) < 4.78 is 9.84. The van der Waals surface area contributed by atoms with Gasteiger partial charge in [0.05, 0.1) is 7.11 Å². The van der Waals surface area contributed by atoms with Gasteiger partial charge in [-0.1, -0.05) is 29.8 Å². The molecule has 35 heavy (non-hydrogen) atoms. The maximum atomic E-state index is 13.2. The molecule has 0 radical (unpaired) electrons. The first-order valence-electron chi connectivity index (χ1n) is 12.4. The minimum absolute atomic E-state index is 0.110. The number of aromatic nitrogens is 2. The number of carbonyl (C=O) groups is 1. The van der Waals surface area contributed by atoms with Gasteiger partial charge in [0.2, 0.25) is 11.0 Å². The van der Waals surface area contributed by atoms with Crippen molar-refractivity contribution in [1.29, 1.82) is 0 Å². The second-order valence-electron chi connectivity index (χ2n) is 9.43. The van der Waals surface area contributed by atoms with Crippen molar-refractivity contribution in [2.45, 2.75) is 26.2 Å². The molecule has 5 rings (SSSR count). The largest absolute Gasteiger partial charge is 0.497 e. The minimum Gasteiger partial charge on any atom is -0.497 e. The molecule has 3 heterocycles. The van der Waals surface area contributed by atoms with E-state index in [9.17, 15) is 4.79 Å². The van der Waals surface area contributed by atoms with Gasteiger partial charge in [0.25, 0.3) is 0 Å². The zero-order valence-corrected chi connectivity index (χ0v) is 21.3. The molecule has 2 fully saturated rings. The number of hydrogen-bond acceptors (Lipinski definition) is 7. The zero-order valence-electron chi connectivity index (χ0n) is 20.5. The average molecular weight is 492 g/mol. The lowest BCUT2D eigenvalue weighted by molar-refractivity contribution is -0.136. The van der Waals surface area contributed by atoms with Crippen LogP contribution in [0.3, 0.4) is 0 Å². The number of benzene rings is 2. The van der Waals surface area contributed by atoms with E-state index >= 15 is 0 Å². The van der Waals surface area contributed by atoms with Crippen molar-refractivity contribution in [1.82, 2.24) is 14.3 Å². The highest BCUT2D eigenvalue weighted by atomic mass is 32.1. The molecule has 1 aromatic heterocycles. The van der Waals surface area contributed by atoms with Crippen LogP contribution in [-0.4, -0.2) is 66.5 Å². The van der Waals surface area contributed by atoms with E-state index in [1.807, 2.05) is 12.1 Å². The molecule has 8 heteroatoms. The lowest BCUT2D eigenvalue weighted by Crippen LogP contribution is -2.51. The number of rotatable bonds is 6. The Bertz CT molecular complexity index is 1120. The molecule has 0 aliphatic carbocycles. The number of methoxy groups -OCH3 is 1. The average Bonchev–Trinajstić information content (AvgIpc) is 3.38. The number of aryl methyl sites for hydroxylation is 1. The van der Waals surface area contributed by atoms with Gasteiger partial charge >= 0.3 is 0 Å². The van der Waals surface area contributed by atoms with Crippen LogP contribution in [0.25, 0.3) is 0 Å². The molecule has 184 valence electrons. The summed E-state index contributed by atoms with van der Waals surface area (Å²) in [6, 6.07) is 16.7. The summed E-state index contributed by atoms with van der Waals surface area (Å²) in [6.07, 6.45) is 2.52. The summed E-state index contributed by atoms with van der Waals surface area (Å²) in [5.41, 5.74) is 3.68. The van der Waals surface area contributed by atoms with Crippen molar-refractivity contribution in [3.63, 3.8) is 0 Å². The van der Waals surface area contributed by atoms with Gasteiger partial charge in [0.15, 0.2) is 0 Å². The fourth-order valence-electron chi connectivity index (χ4n) is 4.89. The molecule has 0 bridgehead atoms. The molecule has 0 saturated carbocycles. The Morgan fingerprint density at radius 2 is 1.63 bits per heavy atom. The Morgan fingerprint density at radius 3 is 2.29 bits per heavy atom. The molecule has 2 saturated heterocycles. The topological polar surface area (TPSA) is 61.8 Å². The van der Waals surface area contributed by atoms with Crippen LogP contribution in [0.1, 0.15) is 29.8 Å². The standard InChI is InChI=1S/C27H33N5O2S/c1-20-3-5-21(6-4-20)19-25-28-27(35-29-25)32-13-11-22(12-14-32)26(33)31-17-15-30(16-18-31)23-7-9-24(34-2)10-8-23/h3-10,22H,11-19H2,1-2H3. The third-order valence-corrected chi connectivity index (χ3v) is 7.90. The van der Waals surface area contributed by atoms with E-state index in [0.29, 0.717) is 5.91 Å². The molecule has 1 amide bonds. The van der Waals surface area contributed by atoms with Gasteiger partial charge in [-0.2, -0.15) is 4.37 Å². The zero-order chi connectivity index (χ0) is 24.2. The number of piperidine rings is 1. The normalized spacial score (nSPS) is 17.0. The van der Waals surface area contributed by atoms with Crippen molar-refractivity contribution in [2.75, 3.05) is 56.2 Å². The number of piperazine rings is 1. The molecule has 2 aliphatic heterocycles. The molecule has 0 unspecified atom stereocenters. The highest BCUT2D eigenvalue weighted by Gasteiger charge is 2.31. The summed E-state index contributed by atoms with van der Waals surface area (Å²) in [4.78, 5) is 24.7. The van der Waals surface area contributed by atoms with Crippen molar-refractivity contribution < 1.29 is 9.53 Å². The molecular weight excluding hydrogens is 458 g/mol. The summed E-state index contributed by atoms with van der Waals surface area (Å²) in [6.45, 7) is 7.12. The number of nitrogens with zero attached hydrogens (tertiary/aromatic N) is 5. The Kier molecular flexibility index (Phi) is 7.18. The number of amides is 1. The van der Waals surface area contributed by atoms with Crippen molar-refractivity contribution in [2.24, 2.45) is 5.92 Å². The van der Waals surface area contributed by atoms with Gasteiger partial charge in [-0.3, -0.25) is 4.79 Å². The number of anilines is 2. The van der Waals surface area contributed by atoms with E-state index < -0.39 is 0 Å². The van der Waals surface area contributed by atoms with Gasteiger partial charge in [-0.05, 0) is 49.6 Å². The SMILES string of the molecule is COc1ccc(N2CCN(C(=O)C3CCN(c4nc(Cc5ccc(C)cc5)ns4)CC3)CC2)cc1. The quantitative estimate of drug-likeness (QED) is 0.519. The molecular formula is C27H33N5O2S. The third kappa shape index (κ3) is 5.59. The minimum atomic E-state index is 0.110. The first kappa shape index (κ1) is 23.6. The Labute approximate surface area is 211 Å². The smallest absolute Gasteiger partial charge is 0.225 e. The second kappa shape index (κ2) is 10.6. The van der Waals surface area contributed by atoms with Gasteiger partial charge in [0.1, 0.15) is 11.6 Å². The Morgan fingerprint density at radius 1 is 0.943 bits per heavy atom. The van der Waals surface area contributed by atoms with Gasteiger partial charge < -0.3 is 19.4 Å². The number of ether oxygens (including phenoxy) is 1. The first-order chi connectivity index (χ1) is 17.1. The van der Waals surface area contributed by atoms with Crippen LogP contribution in [0.2, 0.25) is 0 Å². The monoisotopic (exact) mass is 491 g/mol. The van der Waals surface area contributed by atoms with Crippen LogP contribution < -0.4 is 14.5 Å². The molecule has 2 aromatic carbocycles. The van der Waals surface area contributed by atoms with E-state index in [0.717, 1.165) is 75.2 Å². The van der Waals surface area contributed by atoms with Crippen LogP contribution in [-0.2, 0) is 11.2 Å². The van der Waals surface area contributed by atoms with Crippen LogP contribution in [0.5, 0.6) is 5.75 Å². The summed E-state index contributed by atoms with van der Waals surface area (Å²) in [5, 5.41) is 0.978. The van der Waals surface area contributed by atoms with E-state index in [-0.39, 0.29) is 5.92 Å². The fraction of sp³-hybridized carbons (Fsp3) is 0.444. The first-order valence-corrected chi connectivity index (χ1v) is 13.2. The molecule has 2 aliphatic rings. The van der Waals surface area contributed by atoms with E-state index in [2.05, 4.69) is 62.4 Å². The lowest BCUT2D eigenvalue weighted by Gasteiger charge is -2.39. The summed E-state index contributed by atoms with van der Waals surface area (Å²) in [5.74, 6) is 2.17.